The van der Waals surface area contributed by atoms with Gasteiger partial charge in [-0.25, -0.2) is 0 Å². The number of aliphatic hydroxyl groups is 1. The van der Waals surface area contributed by atoms with E-state index in [4.69, 9.17) is 4.74 Å². The van der Waals surface area contributed by atoms with Crippen LogP contribution in [0, 0.1) is 0 Å². The third-order valence-electron chi connectivity index (χ3n) is 3.05. The van der Waals surface area contributed by atoms with Crippen LogP contribution < -0.4 is 5.32 Å². The molecule has 4 heteroatoms. The number of methoxy groups -OCH3 is 1. The zero-order valence-corrected chi connectivity index (χ0v) is 11.8. The van der Waals surface area contributed by atoms with Crippen LogP contribution in [-0.4, -0.2) is 36.4 Å². The van der Waals surface area contributed by atoms with E-state index in [2.05, 4.69) is 5.32 Å². The van der Waals surface area contributed by atoms with Crippen molar-refractivity contribution >= 4 is 5.91 Å². The number of carbonyl (C=O) groups excluding carboxylic acids is 1. The number of aliphatic hydroxyl groups excluding tert-OH is 1. The molecule has 0 aliphatic carbocycles. The van der Waals surface area contributed by atoms with Gasteiger partial charge in [-0.3, -0.25) is 4.79 Å². The van der Waals surface area contributed by atoms with E-state index in [0.717, 1.165) is 5.56 Å². The minimum absolute atomic E-state index is 0.0754. The van der Waals surface area contributed by atoms with Gasteiger partial charge in [-0.2, -0.15) is 0 Å². The predicted molar refractivity (Wildman–Crippen MR) is 74.9 cm³/mol. The lowest BCUT2D eigenvalue weighted by Crippen LogP contribution is -2.42. The molecular formula is C15H23NO3. The summed E-state index contributed by atoms with van der Waals surface area (Å²) in [5.74, 6) is -0.109. The van der Waals surface area contributed by atoms with Crippen LogP contribution in [0.25, 0.3) is 0 Å². The van der Waals surface area contributed by atoms with Gasteiger partial charge in [-0.15, -0.1) is 0 Å². The standard InChI is InChI=1S/C15H23NO3/c1-15(2,19-3)10-14(18)16-13(11-17)9-12-7-5-4-6-8-12/h4-8,13,17H,9-11H2,1-3H3,(H,16,18). The summed E-state index contributed by atoms with van der Waals surface area (Å²) < 4.78 is 5.22. The van der Waals surface area contributed by atoms with Crippen LogP contribution in [0.3, 0.4) is 0 Å². The Morgan fingerprint density at radius 3 is 2.53 bits per heavy atom. The first-order valence-corrected chi connectivity index (χ1v) is 6.46. The summed E-state index contributed by atoms with van der Waals surface area (Å²) >= 11 is 0. The van der Waals surface area contributed by atoms with E-state index >= 15 is 0 Å². The van der Waals surface area contributed by atoms with Gasteiger partial charge in [0.1, 0.15) is 0 Å². The fourth-order valence-electron chi connectivity index (χ4n) is 1.80. The van der Waals surface area contributed by atoms with E-state index in [9.17, 15) is 9.90 Å². The maximum Gasteiger partial charge on any atom is 0.223 e. The first-order valence-electron chi connectivity index (χ1n) is 6.46. The number of carbonyl (C=O) groups is 1. The number of benzene rings is 1. The van der Waals surface area contributed by atoms with Gasteiger partial charge in [0.25, 0.3) is 0 Å². The molecule has 0 fully saturated rings. The Bertz CT molecular complexity index is 390. The summed E-state index contributed by atoms with van der Waals surface area (Å²) in [4.78, 5) is 11.9. The maximum atomic E-state index is 11.9. The van der Waals surface area contributed by atoms with E-state index in [-0.39, 0.29) is 25.0 Å². The molecule has 0 spiro atoms. The zero-order valence-electron chi connectivity index (χ0n) is 11.8. The van der Waals surface area contributed by atoms with Crippen LogP contribution in [-0.2, 0) is 16.0 Å². The number of hydrogen-bond donors (Lipinski definition) is 2. The molecule has 1 aromatic rings. The fraction of sp³-hybridized carbons (Fsp3) is 0.533. The van der Waals surface area contributed by atoms with Gasteiger partial charge in [0.05, 0.1) is 24.7 Å². The second kappa shape index (κ2) is 7.26. The van der Waals surface area contributed by atoms with E-state index in [1.165, 1.54) is 0 Å². The first kappa shape index (κ1) is 15.7. The highest BCUT2D eigenvalue weighted by molar-refractivity contribution is 5.77. The summed E-state index contributed by atoms with van der Waals surface area (Å²) in [7, 11) is 1.58. The van der Waals surface area contributed by atoms with Gasteiger partial charge in [0, 0.05) is 7.11 Å². The summed E-state index contributed by atoms with van der Waals surface area (Å²) in [6, 6.07) is 9.53. The Labute approximate surface area is 114 Å². The van der Waals surface area contributed by atoms with Crippen LogP contribution in [0.4, 0.5) is 0 Å². The van der Waals surface area contributed by atoms with Crippen LogP contribution in [0.5, 0.6) is 0 Å². The highest BCUT2D eigenvalue weighted by atomic mass is 16.5. The van der Waals surface area contributed by atoms with Crippen molar-refractivity contribution in [2.45, 2.75) is 38.3 Å². The first-order chi connectivity index (χ1) is 8.96. The van der Waals surface area contributed by atoms with Crippen molar-refractivity contribution in [3.63, 3.8) is 0 Å². The Balaban J connectivity index is 2.51. The molecule has 0 aliphatic heterocycles. The van der Waals surface area contributed by atoms with Crippen molar-refractivity contribution in [1.82, 2.24) is 5.32 Å². The number of amides is 1. The Hall–Kier alpha value is -1.39. The molecule has 1 aromatic carbocycles. The van der Waals surface area contributed by atoms with E-state index < -0.39 is 5.60 Å². The van der Waals surface area contributed by atoms with Crippen LogP contribution in [0.1, 0.15) is 25.8 Å². The van der Waals surface area contributed by atoms with Crippen molar-refractivity contribution < 1.29 is 14.6 Å². The van der Waals surface area contributed by atoms with Gasteiger partial charge < -0.3 is 15.2 Å². The lowest BCUT2D eigenvalue weighted by molar-refractivity contribution is -0.127. The van der Waals surface area contributed by atoms with Gasteiger partial charge in [0.2, 0.25) is 5.91 Å². The van der Waals surface area contributed by atoms with Gasteiger partial charge in [0.15, 0.2) is 0 Å². The number of hydrogen-bond acceptors (Lipinski definition) is 3. The van der Waals surface area contributed by atoms with Crippen LogP contribution >= 0.6 is 0 Å². The summed E-state index contributed by atoms with van der Waals surface area (Å²) in [5, 5.41) is 12.2. The van der Waals surface area contributed by atoms with Gasteiger partial charge >= 0.3 is 0 Å². The minimum Gasteiger partial charge on any atom is -0.394 e. The molecule has 4 nitrogen and oxygen atoms in total. The molecule has 0 saturated carbocycles. The highest BCUT2D eigenvalue weighted by Gasteiger charge is 2.22. The van der Waals surface area contributed by atoms with Crippen LogP contribution in [0.15, 0.2) is 30.3 Å². The Morgan fingerprint density at radius 1 is 1.37 bits per heavy atom. The molecule has 1 rings (SSSR count). The van der Waals surface area contributed by atoms with Crippen molar-refractivity contribution in [3.8, 4) is 0 Å². The zero-order chi connectivity index (χ0) is 14.3. The molecule has 106 valence electrons. The second-order valence-corrected chi connectivity index (χ2v) is 5.28. The SMILES string of the molecule is COC(C)(C)CC(=O)NC(CO)Cc1ccccc1. The summed E-state index contributed by atoms with van der Waals surface area (Å²) in [5.41, 5.74) is 0.601. The molecule has 1 amide bonds. The van der Waals surface area contributed by atoms with E-state index in [0.29, 0.717) is 6.42 Å². The number of ether oxygens (including phenoxy) is 1. The van der Waals surface area contributed by atoms with Crippen LogP contribution in [0.2, 0.25) is 0 Å². The molecular weight excluding hydrogens is 242 g/mol. The number of rotatable bonds is 7. The molecule has 0 heterocycles. The lowest BCUT2D eigenvalue weighted by atomic mass is 10.0. The van der Waals surface area contributed by atoms with Crippen molar-refractivity contribution in [3.05, 3.63) is 35.9 Å². The third kappa shape index (κ3) is 5.85. The monoisotopic (exact) mass is 265 g/mol. The molecule has 19 heavy (non-hydrogen) atoms. The highest BCUT2D eigenvalue weighted by Crippen LogP contribution is 2.13. The van der Waals surface area contributed by atoms with Gasteiger partial charge in [-0.05, 0) is 25.8 Å². The van der Waals surface area contributed by atoms with Crippen molar-refractivity contribution in [1.29, 1.82) is 0 Å². The largest absolute Gasteiger partial charge is 0.394 e. The maximum absolute atomic E-state index is 11.9. The smallest absolute Gasteiger partial charge is 0.223 e. The Morgan fingerprint density at radius 2 is 2.00 bits per heavy atom. The molecule has 0 saturated heterocycles. The molecule has 0 aliphatic rings. The molecule has 1 unspecified atom stereocenters. The minimum atomic E-state index is -0.489. The molecule has 0 aromatic heterocycles. The quantitative estimate of drug-likeness (QED) is 0.786. The van der Waals surface area contributed by atoms with E-state index in [1.807, 2.05) is 44.2 Å². The average molecular weight is 265 g/mol. The molecule has 1 atom stereocenters. The van der Waals surface area contributed by atoms with Crippen molar-refractivity contribution in [2.75, 3.05) is 13.7 Å². The predicted octanol–water partition coefficient (Wildman–Crippen LogP) is 1.52. The molecule has 0 bridgehead atoms. The van der Waals surface area contributed by atoms with Gasteiger partial charge in [-0.1, -0.05) is 30.3 Å². The van der Waals surface area contributed by atoms with E-state index in [1.54, 1.807) is 7.11 Å². The second-order valence-electron chi connectivity index (χ2n) is 5.28. The summed E-state index contributed by atoms with van der Waals surface area (Å²) in [6.07, 6.45) is 0.894. The topological polar surface area (TPSA) is 58.6 Å². The third-order valence-corrected chi connectivity index (χ3v) is 3.05. The fourth-order valence-corrected chi connectivity index (χ4v) is 1.80. The molecule has 0 radical (unpaired) electrons. The summed E-state index contributed by atoms with van der Waals surface area (Å²) in [6.45, 7) is 3.64. The van der Waals surface area contributed by atoms with Crippen molar-refractivity contribution in [2.24, 2.45) is 0 Å². The Kier molecular flexibility index (Phi) is 5.99. The number of nitrogens with one attached hydrogen (secondary N) is 1. The average Bonchev–Trinajstić information content (AvgIpc) is 2.38. The molecule has 2 N–H and O–H groups in total. The normalized spacial score (nSPS) is 13.1. The lowest BCUT2D eigenvalue weighted by Gasteiger charge is -2.24.